The molecule has 0 fully saturated rings. The summed E-state index contributed by atoms with van der Waals surface area (Å²) in [6, 6.07) is 4.79. The number of hydrogen-bond acceptors (Lipinski definition) is 4. The van der Waals surface area contributed by atoms with Gasteiger partial charge in [-0.05, 0) is 24.8 Å². The first-order valence-electron chi connectivity index (χ1n) is 5.47. The number of thiophene rings is 1. The summed E-state index contributed by atoms with van der Waals surface area (Å²) < 4.78 is 0. The summed E-state index contributed by atoms with van der Waals surface area (Å²) in [5.41, 5.74) is 3.07. The molecule has 0 aliphatic heterocycles. The molecule has 1 N–H and O–H groups in total. The maximum atomic E-state index is 4.26. The van der Waals surface area contributed by atoms with Gasteiger partial charge in [-0.1, -0.05) is 13.0 Å². The highest BCUT2D eigenvalue weighted by Crippen LogP contribution is 2.22. The predicted molar refractivity (Wildman–Crippen MR) is 71.0 cm³/mol. The van der Waals surface area contributed by atoms with E-state index in [-0.39, 0.29) is 0 Å². The first-order chi connectivity index (χ1) is 7.81. The molecule has 86 valence electrons. The van der Waals surface area contributed by atoms with Crippen molar-refractivity contribution < 1.29 is 0 Å². The van der Waals surface area contributed by atoms with Crippen molar-refractivity contribution in [2.45, 2.75) is 32.9 Å². The van der Waals surface area contributed by atoms with Crippen molar-refractivity contribution >= 4 is 22.7 Å². The molecule has 0 aromatic carbocycles. The third-order valence-electron chi connectivity index (χ3n) is 2.65. The Kier molecular flexibility index (Phi) is 4.09. The van der Waals surface area contributed by atoms with Crippen LogP contribution in [-0.4, -0.2) is 4.98 Å². The number of thiazole rings is 1. The molecule has 0 aliphatic carbocycles. The zero-order chi connectivity index (χ0) is 11.4. The lowest BCUT2D eigenvalue weighted by Crippen LogP contribution is -2.19. The first-order valence-corrected chi connectivity index (χ1v) is 7.23. The highest BCUT2D eigenvalue weighted by Gasteiger charge is 2.10. The topological polar surface area (TPSA) is 24.9 Å². The molecule has 0 saturated carbocycles. The number of aromatic nitrogens is 1. The summed E-state index contributed by atoms with van der Waals surface area (Å²) in [4.78, 5) is 7.03. The van der Waals surface area contributed by atoms with Crippen LogP contribution >= 0.6 is 22.7 Å². The summed E-state index contributed by atoms with van der Waals surface area (Å²) in [5.74, 6) is 0. The van der Waals surface area contributed by atoms with Crippen molar-refractivity contribution in [2.24, 2.45) is 0 Å². The molecule has 2 heterocycles. The van der Waals surface area contributed by atoms with E-state index in [2.05, 4.69) is 41.7 Å². The first kappa shape index (κ1) is 11.8. The van der Waals surface area contributed by atoms with Gasteiger partial charge in [0.25, 0.3) is 0 Å². The number of hydrogen-bond donors (Lipinski definition) is 1. The third kappa shape index (κ3) is 2.70. The average Bonchev–Trinajstić information content (AvgIpc) is 2.92. The summed E-state index contributed by atoms with van der Waals surface area (Å²) in [7, 11) is 0. The van der Waals surface area contributed by atoms with Crippen molar-refractivity contribution in [1.29, 1.82) is 0 Å². The number of aryl methyl sites for hydroxylation is 1. The van der Waals surface area contributed by atoms with Crippen LogP contribution in [0.25, 0.3) is 0 Å². The van der Waals surface area contributed by atoms with Crippen molar-refractivity contribution in [2.75, 3.05) is 0 Å². The average molecular weight is 252 g/mol. The second kappa shape index (κ2) is 5.57. The van der Waals surface area contributed by atoms with Gasteiger partial charge in [-0.15, -0.1) is 22.7 Å². The zero-order valence-electron chi connectivity index (χ0n) is 9.56. The lowest BCUT2D eigenvalue weighted by Gasteiger charge is -2.14. The van der Waals surface area contributed by atoms with E-state index in [0.29, 0.717) is 6.04 Å². The number of nitrogens with zero attached hydrogens (tertiary/aromatic N) is 1. The molecule has 0 bridgehead atoms. The van der Waals surface area contributed by atoms with Gasteiger partial charge in [-0.2, -0.15) is 0 Å². The Morgan fingerprint density at radius 3 is 2.88 bits per heavy atom. The van der Waals surface area contributed by atoms with Gasteiger partial charge in [0, 0.05) is 22.3 Å². The van der Waals surface area contributed by atoms with Crippen LogP contribution in [-0.2, 0) is 6.54 Å². The van der Waals surface area contributed by atoms with E-state index in [1.54, 1.807) is 11.3 Å². The molecule has 0 radical (unpaired) electrons. The van der Waals surface area contributed by atoms with Gasteiger partial charge >= 0.3 is 0 Å². The smallest absolute Gasteiger partial charge is 0.0798 e. The summed E-state index contributed by atoms with van der Waals surface area (Å²) >= 11 is 3.55. The Morgan fingerprint density at radius 2 is 2.31 bits per heavy atom. The molecular weight excluding hydrogens is 236 g/mol. The fraction of sp³-hybridized carbons (Fsp3) is 0.417. The summed E-state index contributed by atoms with van der Waals surface area (Å²) in [6.45, 7) is 5.21. The minimum Gasteiger partial charge on any atom is -0.304 e. The van der Waals surface area contributed by atoms with E-state index in [1.807, 2.05) is 16.8 Å². The van der Waals surface area contributed by atoms with Crippen LogP contribution in [0.4, 0.5) is 0 Å². The zero-order valence-corrected chi connectivity index (χ0v) is 11.2. The standard InChI is InChI=1S/C12H16N2S2/c1-3-10(11-5-4-6-15-11)13-7-12-9(2)14-8-16-12/h4-6,8,10,13H,3,7H2,1-2H3. The quantitative estimate of drug-likeness (QED) is 0.876. The maximum absolute atomic E-state index is 4.26. The van der Waals surface area contributed by atoms with E-state index in [0.717, 1.165) is 18.7 Å². The van der Waals surface area contributed by atoms with Crippen molar-refractivity contribution in [3.05, 3.63) is 38.5 Å². The Bertz CT molecular complexity index is 420. The van der Waals surface area contributed by atoms with E-state index in [1.165, 1.54) is 9.75 Å². The van der Waals surface area contributed by atoms with Gasteiger partial charge in [-0.25, -0.2) is 4.98 Å². The molecule has 2 rings (SSSR count). The monoisotopic (exact) mass is 252 g/mol. The molecule has 4 heteroatoms. The normalized spacial score (nSPS) is 12.9. The van der Waals surface area contributed by atoms with Crippen molar-refractivity contribution in [1.82, 2.24) is 10.3 Å². The van der Waals surface area contributed by atoms with Gasteiger partial charge in [0.2, 0.25) is 0 Å². The second-order valence-corrected chi connectivity index (χ2v) is 5.64. The molecule has 1 unspecified atom stereocenters. The summed E-state index contributed by atoms with van der Waals surface area (Å²) in [6.07, 6.45) is 1.12. The SMILES string of the molecule is CCC(NCc1scnc1C)c1cccs1. The predicted octanol–water partition coefficient (Wildman–Crippen LogP) is 3.75. The third-order valence-corrected chi connectivity index (χ3v) is 4.57. The van der Waals surface area contributed by atoms with Crippen LogP contribution in [0.3, 0.4) is 0 Å². The van der Waals surface area contributed by atoms with Crippen molar-refractivity contribution in [3.8, 4) is 0 Å². The Morgan fingerprint density at radius 1 is 1.44 bits per heavy atom. The van der Waals surface area contributed by atoms with Crippen LogP contribution in [0, 0.1) is 6.92 Å². The molecule has 2 nitrogen and oxygen atoms in total. The molecule has 0 saturated heterocycles. The molecule has 0 spiro atoms. The Labute approximate surface area is 104 Å². The van der Waals surface area contributed by atoms with Crippen LogP contribution in [0.15, 0.2) is 23.0 Å². The molecule has 1 atom stereocenters. The van der Waals surface area contributed by atoms with Gasteiger partial charge in [0.05, 0.1) is 11.2 Å². The van der Waals surface area contributed by atoms with Gasteiger partial charge in [-0.3, -0.25) is 0 Å². The van der Waals surface area contributed by atoms with Gasteiger partial charge in [0.1, 0.15) is 0 Å². The summed E-state index contributed by atoms with van der Waals surface area (Å²) in [5, 5.41) is 5.73. The van der Waals surface area contributed by atoms with Crippen molar-refractivity contribution in [3.63, 3.8) is 0 Å². The molecule has 0 aliphatic rings. The van der Waals surface area contributed by atoms with Crippen LogP contribution in [0.5, 0.6) is 0 Å². The van der Waals surface area contributed by atoms with E-state index < -0.39 is 0 Å². The Balaban J connectivity index is 1.96. The molecule has 2 aromatic rings. The van der Waals surface area contributed by atoms with Crippen LogP contribution in [0.1, 0.15) is 34.8 Å². The highest BCUT2D eigenvalue weighted by molar-refractivity contribution is 7.10. The van der Waals surface area contributed by atoms with E-state index in [4.69, 9.17) is 0 Å². The fourth-order valence-electron chi connectivity index (χ4n) is 1.65. The number of rotatable bonds is 5. The maximum Gasteiger partial charge on any atom is 0.0798 e. The van der Waals surface area contributed by atoms with Crippen LogP contribution < -0.4 is 5.32 Å². The second-order valence-electron chi connectivity index (χ2n) is 3.72. The molecule has 0 amide bonds. The molecule has 16 heavy (non-hydrogen) atoms. The lowest BCUT2D eigenvalue weighted by molar-refractivity contribution is 0.528. The fourth-order valence-corrected chi connectivity index (χ4v) is 3.26. The van der Waals surface area contributed by atoms with Gasteiger partial charge < -0.3 is 5.32 Å². The van der Waals surface area contributed by atoms with Gasteiger partial charge in [0.15, 0.2) is 0 Å². The minimum atomic E-state index is 0.474. The lowest BCUT2D eigenvalue weighted by atomic mass is 10.2. The van der Waals surface area contributed by atoms with Crippen LogP contribution in [0.2, 0.25) is 0 Å². The largest absolute Gasteiger partial charge is 0.304 e. The molecule has 2 aromatic heterocycles. The highest BCUT2D eigenvalue weighted by atomic mass is 32.1. The van der Waals surface area contributed by atoms with E-state index in [9.17, 15) is 0 Å². The number of nitrogens with one attached hydrogen (secondary N) is 1. The van der Waals surface area contributed by atoms with E-state index >= 15 is 0 Å². The minimum absolute atomic E-state index is 0.474. The Hall–Kier alpha value is -0.710. The molecular formula is C12H16N2S2.